The van der Waals surface area contributed by atoms with E-state index < -0.39 is 0 Å². The lowest BCUT2D eigenvalue weighted by molar-refractivity contribution is 0.0957. The van der Waals surface area contributed by atoms with E-state index in [0.717, 1.165) is 30.0 Å². The fourth-order valence-corrected chi connectivity index (χ4v) is 3.74. The van der Waals surface area contributed by atoms with Crippen molar-refractivity contribution in [2.24, 2.45) is 0 Å². The maximum Gasteiger partial charge on any atom is 0.261 e. The molecule has 0 bridgehead atoms. The first-order chi connectivity index (χ1) is 10.6. The van der Waals surface area contributed by atoms with Gasteiger partial charge in [0.1, 0.15) is 0 Å². The zero-order valence-electron chi connectivity index (χ0n) is 13.0. The molecule has 22 heavy (non-hydrogen) atoms. The Labute approximate surface area is 134 Å². The summed E-state index contributed by atoms with van der Waals surface area (Å²) >= 11 is 1.64. The molecule has 3 rings (SSSR count). The molecule has 0 saturated carbocycles. The first kappa shape index (κ1) is 15.2. The summed E-state index contributed by atoms with van der Waals surface area (Å²) in [6.07, 6.45) is 4.97. The predicted molar refractivity (Wildman–Crippen MR) is 85.4 cm³/mol. The van der Waals surface area contributed by atoms with Gasteiger partial charge in [0.05, 0.1) is 4.88 Å². The van der Waals surface area contributed by atoms with E-state index in [9.17, 15) is 4.79 Å². The van der Waals surface area contributed by atoms with Gasteiger partial charge in [-0.15, -0.1) is 11.3 Å². The molecule has 0 radical (unpaired) electrons. The molecule has 2 aromatic rings. The van der Waals surface area contributed by atoms with Gasteiger partial charge in [-0.25, -0.2) is 0 Å². The largest absolute Gasteiger partial charge is 0.351 e. The Morgan fingerprint density at radius 2 is 2.32 bits per heavy atom. The quantitative estimate of drug-likeness (QED) is 0.831. The van der Waals surface area contributed by atoms with Crippen LogP contribution in [0.2, 0.25) is 0 Å². The fraction of sp³-hybridized carbons (Fsp3) is 0.562. The molecule has 2 heterocycles. The van der Waals surface area contributed by atoms with Gasteiger partial charge in [0.15, 0.2) is 5.82 Å². The zero-order chi connectivity index (χ0) is 15.5. The van der Waals surface area contributed by atoms with E-state index in [4.69, 9.17) is 4.52 Å². The third kappa shape index (κ3) is 3.38. The Bertz CT molecular complexity index is 639. The van der Waals surface area contributed by atoms with Gasteiger partial charge in [-0.2, -0.15) is 4.98 Å². The number of nitrogens with one attached hydrogen (secondary N) is 1. The van der Waals surface area contributed by atoms with Crippen LogP contribution in [0.4, 0.5) is 0 Å². The van der Waals surface area contributed by atoms with Crippen LogP contribution < -0.4 is 5.32 Å². The number of thiophene rings is 1. The second-order valence-corrected chi connectivity index (χ2v) is 7.11. The van der Waals surface area contributed by atoms with Crippen LogP contribution >= 0.6 is 11.3 Å². The predicted octanol–water partition coefficient (Wildman–Crippen LogP) is 3.11. The third-order valence-corrected chi connectivity index (χ3v) is 5.06. The standard InChI is InChI=1S/C16H21N3O2S/c1-10(2)15-18-14(21-19-15)7-4-8-17-16(20)13-9-11-5-3-6-12(11)22-13/h9-10H,3-8H2,1-2H3,(H,17,20). The van der Waals surface area contributed by atoms with Crippen molar-refractivity contribution in [2.45, 2.75) is 51.9 Å². The average Bonchev–Trinajstić information content (AvgIpc) is 3.17. The van der Waals surface area contributed by atoms with Crippen LogP contribution in [0, 0.1) is 0 Å². The summed E-state index contributed by atoms with van der Waals surface area (Å²) in [5, 5.41) is 6.90. The first-order valence-electron chi connectivity index (χ1n) is 7.85. The Morgan fingerprint density at radius 3 is 3.05 bits per heavy atom. The molecule has 0 spiro atoms. The van der Waals surface area contributed by atoms with E-state index in [1.807, 2.05) is 13.8 Å². The van der Waals surface area contributed by atoms with Crippen LogP contribution in [0.1, 0.15) is 64.4 Å². The Kier molecular flexibility index (Phi) is 4.57. The molecule has 0 saturated heterocycles. The molecule has 118 valence electrons. The highest BCUT2D eigenvalue weighted by molar-refractivity contribution is 7.14. The van der Waals surface area contributed by atoms with Gasteiger partial charge in [0.2, 0.25) is 5.89 Å². The van der Waals surface area contributed by atoms with E-state index in [1.54, 1.807) is 11.3 Å². The maximum absolute atomic E-state index is 12.1. The summed E-state index contributed by atoms with van der Waals surface area (Å²) in [5.41, 5.74) is 1.36. The van der Waals surface area contributed by atoms with Crippen LogP contribution in [0.15, 0.2) is 10.6 Å². The van der Waals surface area contributed by atoms with Crippen molar-refractivity contribution in [3.63, 3.8) is 0 Å². The lowest BCUT2D eigenvalue weighted by atomic mass is 10.2. The molecule has 0 aliphatic heterocycles. The molecular weight excluding hydrogens is 298 g/mol. The molecule has 1 aliphatic rings. The second-order valence-electron chi connectivity index (χ2n) is 5.97. The average molecular weight is 319 g/mol. The van der Waals surface area contributed by atoms with Gasteiger partial charge in [-0.05, 0) is 37.3 Å². The molecule has 1 amide bonds. The number of aryl methyl sites for hydroxylation is 3. The van der Waals surface area contributed by atoms with Crippen molar-refractivity contribution >= 4 is 17.2 Å². The molecule has 1 N–H and O–H groups in total. The van der Waals surface area contributed by atoms with Gasteiger partial charge in [0.25, 0.3) is 5.91 Å². The summed E-state index contributed by atoms with van der Waals surface area (Å²) in [6.45, 7) is 4.70. The maximum atomic E-state index is 12.1. The van der Waals surface area contributed by atoms with Crippen molar-refractivity contribution in [3.8, 4) is 0 Å². The van der Waals surface area contributed by atoms with Gasteiger partial charge in [-0.3, -0.25) is 4.79 Å². The molecule has 1 aliphatic carbocycles. The van der Waals surface area contributed by atoms with E-state index in [-0.39, 0.29) is 11.8 Å². The van der Waals surface area contributed by atoms with E-state index in [2.05, 4.69) is 21.5 Å². The van der Waals surface area contributed by atoms with Crippen LogP contribution in [0.3, 0.4) is 0 Å². The molecule has 2 aromatic heterocycles. The van der Waals surface area contributed by atoms with E-state index in [0.29, 0.717) is 18.9 Å². The number of hydrogen-bond acceptors (Lipinski definition) is 5. The lowest BCUT2D eigenvalue weighted by Crippen LogP contribution is -2.23. The molecular formula is C16H21N3O2S. The first-order valence-corrected chi connectivity index (χ1v) is 8.67. The number of fused-ring (bicyclic) bond motifs is 1. The van der Waals surface area contributed by atoms with Crippen LogP contribution in [0.25, 0.3) is 0 Å². The number of nitrogens with zero attached hydrogens (tertiary/aromatic N) is 2. The highest BCUT2D eigenvalue weighted by Gasteiger charge is 2.18. The summed E-state index contributed by atoms with van der Waals surface area (Å²) in [7, 11) is 0. The topological polar surface area (TPSA) is 68.0 Å². The Hall–Kier alpha value is -1.69. The minimum Gasteiger partial charge on any atom is -0.351 e. The van der Waals surface area contributed by atoms with Gasteiger partial charge < -0.3 is 9.84 Å². The summed E-state index contributed by atoms with van der Waals surface area (Å²) in [6, 6.07) is 2.05. The number of carbonyl (C=O) groups is 1. The van der Waals surface area contributed by atoms with Gasteiger partial charge in [0, 0.05) is 23.8 Å². The number of amides is 1. The third-order valence-electron chi connectivity index (χ3n) is 3.82. The highest BCUT2D eigenvalue weighted by Crippen LogP contribution is 2.30. The number of hydrogen-bond donors (Lipinski definition) is 1. The fourth-order valence-electron chi connectivity index (χ4n) is 2.57. The highest BCUT2D eigenvalue weighted by atomic mass is 32.1. The molecule has 0 aromatic carbocycles. The molecule has 0 unspecified atom stereocenters. The molecule has 0 atom stereocenters. The molecule has 0 fully saturated rings. The summed E-state index contributed by atoms with van der Waals surface area (Å²) in [5.74, 6) is 1.70. The van der Waals surface area contributed by atoms with Crippen LogP contribution in [0.5, 0.6) is 0 Å². The number of carbonyl (C=O) groups excluding carboxylic acids is 1. The minimum absolute atomic E-state index is 0.0350. The van der Waals surface area contributed by atoms with Crippen molar-refractivity contribution in [1.29, 1.82) is 0 Å². The smallest absolute Gasteiger partial charge is 0.261 e. The van der Waals surface area contributed by atoms with Crippen molar-refractivity contribution in [1.82, 2.24) is 15.5 Å². The Morgan fingerprint density at radius 1 is 1.45 bits per heavy atom. The zero-order valence-corrected chi connectivity index (χ0v) is 13.8. The SMILES string of the molecule is CC(C)c1noc(CCCNC(=O)c2cc3c(s2)CCC3)n1. The van der Waals surface area contributed by atoms with Crippen molar-refractivity contribution in [2.75, 3.05) is 6.54 Å². The normalized spacial score (nSPS) is 13.6. The Balaban J connectivity index is 1.43. The number of rotatable bonds is 6. The van der Waals surface area contributed by atoms with Gasteiger partial charge in [-0.1, -0.05) is 19.0 Å². The van der Waals surface area contributed by atoms with Crippen LogP contribution in [-0.2, 0) is 19.3 Å². The number of aromatic nitrogens is 2. The van der Waals surface area contributed by atoms with Gasteiger partial charge >= 0.3 is 0 Å². The summed E-state index contributed by atoms with van der Waals surface area (Å²) in [4.78, 5) is 18.7. The van der Waals surface area contributed by atoms with Crippen LogP contribution in [-0.4, -0.2) is 22.6 Å². The molecule has 6 heteroatoms. The van der Waals surface area contributed by atoms with E-state index >= 15 is 0 Å². The molecule has 5 nitrogen and oxygen atoms in total. The lowest BCUT2D eigenvalue weighted by Gasteiger charge is -2.02. The minimum atomic E-state index is 0.0350. The van der Waals surface area contributed by atoms with E-state index in [1.165, 1.54) is 16.9 Å². The van der Waals surface area contributed by atoms with Crippen molar-refractivity contribution < 1.29 is 9.32 Å². The van der Waals surface area contributed by atoms with Crippen molar-refractivity contribution in [3.05, 3.63) is 33.1 Å². The monoisotopic (exact) mass is 319 g/mol. The summed E-state index contributed by atoms with van der Waals surface area (Å²) < 4.78 is 5.19. The second kappa shape index (κ2) is 6.60.